The largest absolute Gasteiger partial charge is 0.451 e. The van der Waals surface area contributed by atoms with Gasteiger partial charge in [-0.1, -0.05) is 29.8 Å². The summed E-state index contributed by atoms with van der Waals surface area (Å²) < 4.78 is 32.4. The Labute approximate surface area is 150 Å². The van der Waals surface area contributed by atoms with Crippen LogP contribution in [0, 0.1) is 0 Å². The van der Waals surface area contributed by atoms with Crippen LogP contribution >= 0.6 is 11.6 Å². The molecule has 2 aromatic rings. The predicted octanol–water partition coefficient (Wildman–Crippen LogP) is 2.72. The molecule has 2 aliphatic rings. The smallest absolute Gasteiger partial charge is 0.269 e. The molecule has 1 unspecified atom stereocenters. The molecule has 25 heavy (non-hydrogen) atoms. The maximum absolute atomic E-state index is 12.7. The number of rotatable bonds is 2. The fraction of sp³-hybridized carbons (Fsp3) is 0.118. The van der Waals surface area contributed by atoms with Gasteiger partial charge < -0.3 is 10.1 Å². The number of ether oxygens (including phenoxy) is 1. The molecule has 1 atom stereocenters. The fourth-order valence-electron chi connectivity index (χ4n) is 2.70. The zero-order chi connectivity index (χ0) is 17.4. The highest BCUT2D eigenvalue weighted by Crippen LogP contribution is 2.31. The van der Waals surface area contributed by atoms with Gasteiger partial charge in [0, 0.05) is 11.2 Å². The predicted molar refractivity (Wildman–Crippen MR) is 94.7 cm³/mol. The number of hydrogen-bond acceptors (Lipinski definition) is 5. The molecule has 6 nitrogen and oxygen atoms in total. The van der Waals surface area contributed by atoms with Crippen LogP contribution in [0.1, 0.15) is 5.56 Å². The molecular formula is C17H14ClN3O3S. The monoisotopic (exact) mass is 375 g/mol. The van der Waals surface area contributed by atoms with Crippen molar-refractivity contribution in [1.29, 1.82) is 0 Å². The molecule has 8 heteroatoms. The number of nitrogens with one attached hydrogen (secondary N) is 1. The molecule has 4 rings (SSSR count). The molecule has 128 valence electrons. The van der Waals surface area contributed by atoms with Crippen molar-refractivity contribution in [2.45, 2.75) is 17.8 Å². The third-order valence-electron chi connectivity index (χ3n) is 3.89. The van der Waals surface area contributed by atoms with Crippen LogP contribution in [-0.2, 0) is 16.6 Å². The van der Waals surface area contributed by atoms with Crippen molar-refractivity contribution >= 4 is 27.5 Å². The van der Waals surface area contributed by atoms with Crippen LogP contribution in [0.5, 0.6) is 5.75 Å². The van der Waals surface area contributed by atoms with Gasteiger partial charge in [0.1, 0.15) is 11.6 Å². The fourth-order valence-corrected chi connectivity index (χ4v) is 4.45. The summed E-state index contributed by atoms with van der Waals surface area (Å²) in [6.07, 6.45) is 2.52. The van der Waals surface area contributed by atoms with Gasteiger partial charge in [0.2, 0.25) is 0 Å². The van der Waals surface area contributed by atoms with Crippen LogP contribution in [0.15, 0.2) is 70.7 Å². The second kappa shape index (κ2) is 6.09. The van der Waals surface area contributed by atoms with Crippen LogP contribution in [0.2, 0.25) is 5.02 Å². The topological polar surface area (TPSA) is 71.0 Å². The summed E-state index contributed by atoms with van der Waals surface area (Å²) in [6.45, 7) is 0.259. The Kier molecular flexibility index (Phi) is 3.89. The van der Waals surface area contributed by atoms with Crippen LogP contribution < -0.4 is 10.1 Å². The number of amidine groups is 1. The van der Waals surface area contributed by atoms with Crippen LogP contribution in [0.4, 0.5) is 0 Å². The van der Waals surface area contributed by atoms with Gasteiger partial charge in [-0.25, -0.2) is 17.7 Å². The summed E-state index contributed by atoms with van der Waals surface area (Å²) >= 11 is 5.86. The van der Waals surface area contributed by atoms with Gasteiger partial charge in [-0.3, -0.25) is 0 Å². The summed E-state index contributed by atoms with van der Waals surface area (Å²) in [5.41, 5.74) is 0.757. The van der Waals surface area contributed by atoms with E-state index < -0.39 is 16.4 Å². The Bertz CT molecular complexity index is 971. The van der Waals surface area contributed by atoms with Crippen molar-refractivity contribution in [2.75, 3.05) is 0 Å². The number of benzene rings is 2. The second-order valence-electron chi connectivity index (χ2n) is 5.53. The second-order valence-corrected chi connectivity index (χ2v) is 7.80. The molecular weight excluding hydrogens is 362 g/mol. The molecule has 0 spiro atoms. The molecule has 0 saturated carbocycles. The van der Waals surface area contributed by atoms with Gasteiger partial charge in [0.05, 0.1) is 11.4 Å². The summed E-state index contributed by atoms with van der Waals surface area (Å²) in [5, 5.41) is 3.54. The molecule has 0 aliphatic carbocycles. The lowest BCUT2D eigenvalue weighted by Gasteiger charge is -2.24. The maximum atomic E-state index is 12.7. The first-order chi connectivity index (χ1) is 12.0. The minimum absolute atomic E-state index is 0.259. The average molecular weight is 376 g/mol. The molecule has 2 aliphatic heterocycles. The van der Waals surface area contributed by atoms with Crippen LogP contribution in [0.3, 0.4) is 0 Å². The number of sulfonamides is 1. The van der Waals surface area contributed by atoms with Crippen molar-refractivity contribution in [3.63, 3.8) is 0 Å². The molecule has 0 aromatic heterocycles. The lowest BCUT2D eigenvalue weighted by atomic mass is 10.2. The van der Waals surface area contributed by atoms with E-state index in [1.54, 1.807) is 54.7 Å². The minimum Gasteiger partial charge on any atom is -0.451 e. The Balaban J connectivity index is 1.59. The molecule has 2 heterocycles. The summed E-state index contributed by atoms with van der Waals surface area (Å²) in [6, 6.07) is 13.8. The van der Waals surface area contributed by atoms with Gasteiger partial charge >= 0.3 is 0 Å². The number of nitrogens with zero attached hydrogens (tertiary/aromatic N) is 2. The number of fused-ring (bicyclic) bond motifs is 1. The molecule has 0 bridgehead atoms. The standard InChI is InChI=1S/C17H14ClN3O3S/c18-13-5-7-14(8-6-13)24-17-19-10-9-16(20-17)21-11-12-3-1-2-4-15(12)25(21,22)23/h1-10,17,19H,11H2. The quantitative estimate of drug-likeness (QED) is 0.876. The van der Waals surface area contributed by atoms with Crippen molar-refractivity contribution in [1.82, 2.24) is 9.62 Å². The number of hydrogen-bond donors (Lipinski definition) is 1. The first kappa shape index (κ1) is 16.0. The molecule has 0 fully saturated rings. The van der Waals surface area contributed by atoms with E-state index >= 15 is 0 Å². The van der Waals surface area contributed by atoms with E-state index in [1.165, 1.54) is 4.31 Å². The first-order valence-corrected chi connectivity index (χ1v) is 9.39. The van der Waals surface area contributed by atoms with E-state index in [0.717, 1.165) is 5.56 Å². The highest BCUT2D eigenvalue weighted by molar-refractivity contribution is 7.90. The third kappa shape index (κ3) is 2.96. The van der Waals surface area contributed by atoms with E-state index in [4.69, 9.17) is 16.3 Å². The van der Waals surface area contributed by atoms with Crippen molar-refractivity contribution in [3.8, 4) is 5.75 Å². The van der Waals surface area contributed by atoms with E-state index in [0.29, 0.717) is 21.5 Å². The molecule has 0 saturated heterocycles. The third-order valence-corrected chi connectivity index (χ3v) is 5.99. The SMILES string of the molecule is O=S1(=O)c2ccccc2CN1C1=NC(Oc2ccc(Cl)cc2)NC=C1. The lowest BCUT2D eigenvalue weighted by Crippen LogP contribution is -2.38. The Morgan fingerprint density at radius 1 is 1.16 bits per heavy atom. The van der Waals surface area contributed by atoms with Gasteiger partial charge in [-0.15, -0.1) is 0 Å². The van der Waals surface area contributed by atoms with Gasteiger partial charge in [0.25, 0.3) is 16.4 Å². The van der Waals surface area contributed by atoms with Crippen molar-refractivity contribution < 1.29 is 13.2 Å². The van der Waals surface area contributed by atoms with E-state index in [1.807, 2.05) is 6.07 Å². The van der Waals surface area contributed by atoms with Crippen LogP contribution in [0.25, 0.3) is 0 Å². The van der Waals surface area contributed by atoms with E-state index in [-0.39, 0.29) is 6.54 Å². The van der Waals surface area contributed by atoms with Crippen molar-refractivity contribution in [2.24, 2.45) is 4.99 Å². The molecule has 2 aromatic carbocycles. The Morgan fingerprint density at radius 3 is 2.68 bits per heavy atom. The van der Waals surface area contributed by atoms with Gasteiger partial charge in [0.15, 0.2) is 0 Å². The minimum atomic E-state index is -3.60. The zero-order valence-corrected chi connectivity index (χ0v) is 14.5. The Morgan fingerprint density at radius 2 is 1.92 bits per heavy atom. The van der Waals surface area contributed by atoms with Gasteiger partial charge in [-0.2, -0.15) is 0 Å². The highest BCUT2D eigenvalue weighted by Gasteiger charge is 2.36. The molecule has 1 N–H and O–H groups in total. The summed E-state index contributed by atoms with van der Waals surface area (Å²) in [4.78, 5) is 4.69. The summed E-state index contributed by atoms with van der Waals surface area (Å²) in [7, 11) is -3.60. The zero-order valence-electron chi connectivity index (χ0n) is 13.0. The molecule has 0 radical (unpaired) electrons. The van der Waals surface area contributed by atoms with E-state index in [2.05, 4.69) is 10.3 Å². The highest BCUT2D eigenvalue weighted by atomic mass is 35.5. The average Bonchev–Trinajstić information content (AvgIpc) is 2.89. The first-order valence-electron chi connectivity index (χ1n) is 7.57. The van der Waals surface area contributed by atoms with E-state index in [9.17, 15) is 8.42 Å². The number of halogens is 1. The van der Waals surface area contributed by atoms with Crippen molar-refractivity contribution in [3.05, 3.63) is 71.4 Å². The summed E-state index contributed by atoms with van der Waals surface area (Å²) in [5.74, 6) is 0.904. The Hall–Kier alpha value is -2.51. The maximum Gasteiger partial charge on any atom is 0.269 e. The normalized spacial score (nSPS) is 20.6. The number of aliphatic imine (C=N–C) groups is 1. The van der Waals surface area contributed by atoms with Crippen LogP contribution in [-0.4, -0.2) is 24.9 Å². The van der Waals surface area contributed by atoms with Gasteiger partial charge in [-0.05, 0) is 42.0 Å². The lowest BCUT2D eigenvalue weighted by molar-refractivity contribution is 0.187. The molecule has 0 amide bonds.